The van der Waals surface area contributed by atoms with Crippen LogP contribution in [0.25, 0.3) is 0 Å². The van der Waals surface area contributed by atoms with Gasteiger partial charge in [0.2, 0.25) is 0 Å². The summed E-state index contributed by atoms with van der Waals surface area (Å²) in [5, 5.41) is 8.93. The first kappa shape index (κ1) is 14.5. The van der Waals surface area contributed by atoms with Crippen molar-refractivity contribution in [3.05, 3.63) is 0 Å². The number of carboxylic acids is 1. The van der Waals surface area contributed by atoms with Gasteiger partial charge in [-0.15, -0.1) is 0 Å². The number of imide groups is 1. The molecule has 1 unspecified atom stereocenters. The summed E-state index contributed by atoms with van der Waals surface area (Å²) in [6.45, 7) is 5.31. The van der Waals surface area contributed by atoms with Crippen molar-refractivity contribution in [2.24, 2.45) is 5.92 Å². The number of likely N-dealkylation sites (N-methyl/N-ethyl adjacent to an activating group) is 1. The summed E-state index contributed by atoms with van der Waals surface area (Å²) in [5.41, 5.74) is -0.845. The first-order valence-corrected chi connectivity index (χ1v) is 6.06. The highest BCUT2D eigenvalue weighted by molar-refractivity contribution is 6.06. The molecule has 1 heterocycles. The molecule has 0 spiro atoms. The van der Waals surface area contributed by atoms with Crippen molar-refractivity contribution in [1.82, 2.24) is 9.80 Å². The van der Waals surface area contributed by atoms with E-state index in [4.69, 9.17) is 5.11 Å². The van der Waals surface area contributed by atoms with E-state index in [0.717, 1.165) is 4.90 Å². The number of nitrogens with zero attached hydrogens (tertiary/aromatic N) is 2. The van der Waals surface area contributed by atoms with E-state index in [0.29, 0.717) is 12.8 Å². The molecule has 18 heavy (non-hydrogen) atoms. The molecule has 0 aromatic rings. The Kier molecular flexibility index (Phi) is 3.98. The van der Waals surface area contributed by atoms with Gasteiger partial charge in [-0.1, -0.05) is 6.92 Å². The van der Waals surface area contributed by atoms with Crippen molar-refractivity contribution in [1.29, 1.82) is 0 Å². The van der Waals surface area contributed by atoms with Gasteiger partial charge >= 0.3 is 12.0 Å². The van der Waals surface area contributed by atoms with E-state index in [1.165, 1.54) is 4.90 Å². The van der Waals surface area contributed by atoms with Gasteiger partial charge in [-0.05, 0) is 26.7 Å². The predicted octanol–water partition coefficient (Wildman–Crippen LogP) is 1.16. The number of amides is 3. The molecule has 6 heteroatoms. The molecule has 1 saturated heterocycles. The largest absolute Gasteiger partial charge is 0.481 e. The minimum Gasteiger partial charge on any atom is -0.481 e. The van der Waals surface area contributed by atoms with Gasteiger partial charge in [-0.2, -0.15) is 0 Å². The maximum absolute atomic E-state index is 12.0. The first-order chi connectivity index (χ1) is 8.23. The lowest BCUT2D eigenvalue weighted by Crippen LogP contribution is -2.41. The minimum atomic E-state index is -0.885. The van der Waals surface area contributed by atoms with E-state index < -0.39 is 17.4 Å². The Morgan fingerprint density at radius 1 is 1.39 bits per heavy atom. The quantitative estimate of drug-likeness (QED) is 0.749. The topological polar surface area (TPSA) is 77.9 Å². The zero-order valence-corrected chi connectivity index (χ0v) is 11.3. The van der Waals surface area contributed by atoms with Gasteiger partial charge in [-0.25, -0.2) is 4.79 Å². The molecule has 1 fully saturated rings. The Bertz CT molecular complexity index is 378. The van der Waals surface area contributed by atoms with Crippen molar-refractivity contribution in [2.75, 3.05) is 13.6 Å². The summed E-state index contributed by atoms with van der Waals surface area (Å²) >= 11 is 0. The molecule has 1 atom stereocenters. The lowest BCUT2D eigenvalue weighted by Gasteiger charge is -2.22. The Labute approximate surface area is 107 Å². The van der Waals surface area contributed by atoms with Crippen LogP contribution in [0, 0.1) is 5.92 Å². The van der Waals surface area contributed by atoms with Gasteiger partial charge in [0, 0.05) is 13.6 Å². The molecule has 1 aliphatic rings. The lowest BCUT2D eigenvalue weighted by atomic mass is 10.0. The molecule has 0 saturated carbocycles. The number of carboxylic acid groups (broad SMARTS) is 1. The van der Waals surface area contributed by atoms with Crippen LogP contribution in [-0.4, -0.2) is 51.9 Å². The van der Waals surface area contributed by atoms with Crippen LogP contribution in [0.4, 0.5) is 4.79 Å². The minimum absolute atomic E-state index is 0.163. The second kappa shape index (κ2) is 4.96. The third kappa shape index (κ3) is 2.32. The van der Waals surface area contributed by atoms with E-state index in [-0.39, 0.29) is 18.5 Å². The van der Waals surface area contributed by atoms with E-state index in [1.807, 2.05) is 0 Å². The fraction of sp³-hybridized carbons (Fsp3) is 0.750. The maximum atomic E-state index is 12.0. The molecule has 3 amide bonds. The number of aliphatic carboxylic acids is 1. The number of rotatable bonds is 5. The number of urea groups is 1. The van der Waals surface area contributed by atoms with Crippen molar-refractivity contribution in [2.45, 2.75) is 39.2 Å². The van der Waals surface area contributed by atoms with Gasteiger partial charge in [0.1, 0.15) is 5.54 Å². The molecule has 102 valence electrons. The monoisotopic (exact) mass is 256 g/mol. The Morgan fingerprint density at radius 2 is 1.94 bits per heavy atom. The van der Waals surface area contributed by atoms with E-state index >= 15 is 0 Å². The molecule has 6 nitrogen and oxygen atoms in total. The summed E-state index contributed by atoms with van der Waals surface area (Å²) in [7, 11) is 1.58. The summed E-state index contributed by atoms with van der Waals surface area (Å²) in [6, 6.07) is -0.356. The van der Waals surface area contributed by atoms with Crippen molar-refractivity contribution in [3.8, 4) is 0 Å². The molecule has 0 radical (unpaired) electrons. The van der Waals surface area contributed by atoms with Crippen LogP contribution in [-0.2, 0) is 9.59 Å². The maximum Gasteiger partial charge on any atom is 0.327 e. The Morgan fingerprint density at radius 3 is 2.28 bits per heavy atom. The molecule has 0 aromatic carbocycles. The number of carbonyl (C=O) groups excluding carboxylic acids is 2. The lowest BCUT2D eigenvalue weighted by molar-refractivity contribution is -0.142. The molecule has 0 aliphatic carbocycles. The van der Waals surface area contributed by atoms with Crippen LogP contribution in [0.15, 0.2) is 0 Å². The number of hydrogen-bond donors (Lipinski definition) is 1. The third-order valence-corrected chi connectivity index (χ3v) is 3.67. The SMILES string of the molecule is CCC(CCN1C(=O)N(C)C(C)(C)C1=O)C(=O)O. The van der Waals surface area contributed by atoms with Crippen LogP contribution in [0.3, 0.4) is 0 Å². The predicted molar refractivity (Wildman–Crippen MR) is 65.0 cm³/mol. The van der Waals surface area contributed by atoms with Crippen molar-refractivity contribution in [3.63, 3.8) is 0 Å². The first-order valence-electron chi connectivity index (χ1n) is 6.06. The molecular formula is C12H20N2O4. The zero-order chi connectivity index (χ0) is 14.1. The summed E-state index contributed by atoms with van der Waals surface area (Å²) in [4.78, 5) is 37.3. The van der Waals surface area contributed by atoms with Crippen LogP contribution in [0.1, 0.15) is 33.6 Å². The van der Waals surface area contributed by atoms with Crippen LogP contribution in [0.2, 0.25) is 0 Å². The van der Waals surface area contributed by atoms with Gasteiger partial charge in [0.15, 0.2) is 0 Å². The summed E-state index contributed by atoms with van der Waals surface area (Å²) in [6.07, 6.45) is 0.790. The highest BCUT2D eigenvalue weighted by atomic mass is 16.4. The molecule has 0 bridgehead atoms. The number of carbonyl (C=O) groups is 3. The van der Waals surface area contributed by atoms with E-state index in [9.17, 15) is 14.4 Å². The fourth-order valence-corrected chi connectivity index (χ4v) is 1.97. The molecule has 1 aliphatic heterocycles. The fourth-order valence-electron chi connectivity index (χ4n) is 1.97. The van der Waals surface area contributed by atoms with Crippen molar-refractivity contribution < 1.29 is 19.5 Å². The second-order valence-corrected chi connectivity index (χ2v) is 5.09. The zero-order valence-electron chi connectivity index (χ0n) is 11.3. The van der Waals surface area contributed by atoms with Gasteiger partial charge < -0.3 is 10.0 Å². The summed E-state index contributed by atoms with van der Waals surface area (Å²) in [5.74, 6) is -1.67. The average Bonchev–Trinajstić information content (AvgIpc) is 2.43. The average molecular weight is 256 g/mol. The number of hydrogen-bond acceptors (Lipinski definition) is 3. The van der Waals surface area contributed by atoms with Crippen molar-refractivity contribution >= 4 is 17.9 Å². The van der Waals surface area contributed by atoms with Gasteiger partial charge in [-0.3, -0.25) is 14.5 Å². The molecule has 1 N–H and O–H groups in total. The van der Waals surface area contributed by atoms with Crippen LogP contribution >= 0.6 is 0 Å². The molecule has 0 aromatic heterocycles. The van der Waals surface area contributed by atoms with Crippen LogP contribution in [0.5, 0.6) is 0 Å². The molecular weight excluding hydrogens is 236 g/mol. The Balaban J connectivity index is 2.72. The second-order valence-electron chi connectivity index (χ2n) is 5.09. The summed E-state index contributed by atoms with van der Waals surface area (Å²) < 4.78 is 0. The highest BCUT2D eigenvalue weighted by Crippen LogP contribution is 2.26. The van der Waals surface area contributed by atoms with Crippen LogP contribution < -0.4 is 0 Å². The van der Waals surface area contributed by atoms with E-state index in [1.54, 1.807) is 27.8 Å². The standard InChI is InChI=1S/C12H20N2O4/c1-5-8(9(15)16)6-7-14-10(17)12(2,3)13(4)11(14)18/h8H,5-7H2,1-4H3,(H,15,16). The third-order valence-electron chi connectivity index (χ3n) is 3.67. The van der Waals surface area contributed by atoms with E-state index in [2.05, 4.69) is 0 Å². The molecule has 1 rings (SSSR count). The normalized spacial score (nSPS) is 20.4. The highest BCUT2D eigenvalue weighted by Gasteiger charge is 2.49. The van der Waals surface area contributed by atoms with Gasteiger partial charge in [0.05, 0.1) is 5.92 Å². The smallest absolute Gasteiger partial charge is 0.327 e. The Hall–Kier alpha value is -1.59. The van der Waals surface area contributed by atoms with Gasteiger partial charge in [0.25, 0.3) is 5.91 Å².